The van der Waals surface area contributed by atoms with Gasteiger partial charge in [0.15, 0.2) is 0 Å². The first-order valence-corrected chi connectivity index (χ1v) is 9.06. The first-order chi connectivity index (χ1) is 12.1. The molecule has 126 valence electrons. The standard InChI is InChI=1S/C22H20ClNO/c1-3-18-20-11-9-15-6-4-5-7-19(15)22(20)24(14(2)25)13-16-8-10-17(23)12-21(16)18/h4-12,18H,3,13H2,1-2H3/t18-/m0/s1. The van der Waals surface area contributed by atoms with Crippen LogP contribution in [-0.2, 0) is 11.3 Å². The van der Waals surface area contributed by atoms with Gasteiger partial charge in [-0.3, -0.25) is 4.79 Å². The summed E-state index contributed by atoms with van der Waals surface area (Å²) in [5.41, 5.74) is 4.66. The molecule has 0 unspecified atom stereocenters. The van der Waals surface area contributed by atoms with Crippen molar-refractivity contribution in [3.8, 4) is 0 Å². The summed E-state index contributed by atoms with van der Waals surface area (Å²) in [6.45, 7) is 4.42. The van der Waals surface area contributed by atoms with Crippen molar-refractivity contribution >= 4 is 34.0 Å². The van der Waals surface area contributed by atoms with Crippen molar-refractivity contribution in [2.45, 2.75) is 32.7 Å². The third-order valence-corrected chi connectivity index (χ3v) is 5.41. The van der Waals surface area contributed by atoms with E-state index in [1.165, 1.54) is 16.7 Å². The fourth-order valence-corrected chi connectivity index (χ4v) is 4.19. The zero-order chi connectivity index (χ0) is 17.6. The number of halogens is 1. The molecule has 2 nitrogen and oxygen atoms in total. The first-order valence-electron chi connectivity index (χ1n) is 8.68. The molecule has 25 heavy (non-hydrogen) atoms. The molecule has 0 fully saturated rings. The van der Waals surface area contributed by atoms with Gasteiger partial charge < -0.3 is 4.90 Å². The SMILES string of the molecule is CC[C@@H]1c2cc(Cl)ccc2CN(C(C)=O)c2c1ccc1ccccc21. The zero-order valence-electron chi connectivity index (χ0n) is 14.4. The maximum atomic E-state index is 12.5. The van der Waals surface area contributed by atoms with Crippen LogP contribution in [0.3, 0.4) is 0 Å². The zero-order valence-corrected chi connectivity index (χ0v) is 15.2. The van der Waals surface area contributed by atoms with Gasteiger partial charge in [0, 0.05) is 23.3 Å². The Kier molecular flexibility index (Phi) is 4.01. The molecule has 0 aromatic heterocycles. The van der Waals surface area contributed by atoms with E-state index in [4.69, 9.17) is 11.6 Å². The van der Waals surface area contributed by atoms with Crippen molar-refractivity contribution in [2.75, 3.05) is 4.90 Å². The van der Waals surface area contributed by atoms with Gasteiger partial charge in [0.2, 0.25) is 5.91 Å². The Morgan fingerprint density at radius 3 is 2.68 bits per heavy atom. The van der Waals surface area contributed by atoms with Crippen LogP contribution >= 0.6 is 11.6 Å². The average Bonchev–Trinajstić information content (AvgIpc) is 2.75. The summed E-state index contributed by atoms with van der Waals surface area (Å²) in [5, 5.41) is 3.04. The molecule has 1 aliphatic heterocycles. The van der Waals surface area contributed by atoms with Gasteiger partial charge in [0.05, 0.1) is 12.2 Å². The highest BCUT2D eigenvalue weighted by atomic mass is 35.5. The number of hydrogen-bond donors (Lipinski definition) is 0. The van der Waals surface area contributed by atoms with Crippen molar-refractivity contribution in [1.29, 1.82) is 0 Å². The van der Waals surface area contributed by atoms with E-state index in [0.29, 0.717) is 6.54 Å². The lowest BCUT2D eigenvalue weighted by Gasteiger charge is -2.25. The predicted octanol–water partition coefficient (Wildman–Crippen LogP) is 5.90. The molecule has 3 aromatic rings. The lowest BCUT2D eigenvalue weighted by molar-refractivity contribution is -0.116. The second-order valence-electron chi connectivity index (χ2n) is 6.63. The summed E-state index contributed by atoms with van der Waals surface area (Å²) in [7, 11) is 0. The van der Waals surface area contributed by atoms with E-state index in [1.807, 2.05) is 23.1 Å². The van der Waals surface area contributed by atoms with E-state index >= 15 is 0 Å². The fourth-order valence-electron chi connectivity index (χ4n) is 4.01. The Bertz CT molecular complexity index is 979. The summed E-state index contributed by atoms with van der Waals surface area (Å²) < 4.78 is 0. The minimum absolute atomic E-state index is 0.0651. The van der Waals surface area contributed by atoms with Crippen LogP contribution in [0.1, 0.15) is 42.9 Å². The molecule has 0 saturated carbocycles. The van der Waals surface area contributed by atoms with Crippen LogP contribution in [-0.4, -0.2) is 5.91 Å². The Labute approximate surface area is 153 Å². The maximum Gasteiger partial charge on any atom is 0.224 e. The molecule has 3 heteroatoms. The van der Waals surface area contributed by atoms with Crippen LogP contribution in [0, 0.1) is 0 Å². The van der Waals surface area contributed by atoms with Crippen LogP contribution in [0.25, 0.3) is 10.8 Å². The molecule has 0 spiro atoms. The highest BCUT2D eigenvalue weighted by molar-refractivity contribution is 6.30. The van der Waals surface area contributed by atoms with Gasteiger partial charge in [-0.05, 0) is 40.6 Å². The molecule has 0 saturated heterocycles. The van der Waals surface area contributed by atoms with E-state index in [-0.39, 0.29) is 11.8 Å². The van der Waals surface area contributed by atoms with Crippen molar-refractivity contribution in [3.63, 3.8) is 0 Å². The van der Waals surface area contributed by atoms with E-state index in [1.54, 1.807) is 6.92 Å². The number of anilines is 1. The highest BCUT2D eigenvalue weighted by Gasteiger charge is 2.29. The molecular weight excluding hydrogens is 330 g/mol. The highest BCUT2D eigenvalue weighted by Crippen LogP contribution is 2.44. The van der Waals surface area contributed by atoms with E-state index in [9.17, 15) is 4.79 Å². The molecular formula is C22H20ClNO. The smallest absolute Gasteiger partial charge is 0.224 e. The van der Waals surface area contributed by atoms with E-state index in [0.717, 1.165) is 27.9 Å². The van der Waals surface area contributed by atoms with Crippen LogP contribution < -0.4 is 4.90 Å². The molecule has 0 radical (unpaired) electrons. The molecule has 1 atom stereocenters. The van der Waals surface area contributed by atoms with Crippen LogP contribution in [0.5, 0.6) is 0 Å². The topological polar surface area (TPSA) is 20.3 Å². The third-order valence-electron chi connectivity index (χ3n) is 5.18. The fraction of sp³-hybridized carbons (Fsp3) is 0.227. The van der Waals surface area contributed by atoms with Crippen molar-refractivity contribution in [1.82, 2.24) is 0 Å². The second-order valence-corrected chi connectivity index (χ2v) is 7.07. The third kappa shape index (κ3) is 2.61. The summed E-state index contributed by atoms with van der Waals surface area (Å²) >= 11 is 6.29. The number of benzene rings is 3. The minimum Gasteiger partial charge on any atom is -0.307 e. The van der Waals surface area contributed by atoms with Crippen LogP contribution in [0.4, 0.5) is 5.69 Å². The summed E-state index contributed by atoms with van der Waals surface area (Å²) in [5.74, 6) is 0.299. The predicted molar refractivity (Wildman–Crippen MR) is 104 cm³/mol. The van der Waals surface area contributed by atoms with Gasteiger partial charge in [-0.2, -0.15) is 0 Å². The summed E-state index contributed by atoms with van der Waals surface area (Å²) in [6, 6.07) is 18.7. The van der Waals surface area contributed by atoms with Gasteiger partial charge >= 0.3 is 0 Å². The molecule has 0 aliphatic carbocycles. The molecule has 1 amide bonds. The molecule has 3 aromatic carbocycles. The number of carbonyl (C=O) groups excluding carboxylic acids is 1. The number of hydrogen-bond acceptors (Lipinski definition) is 1. The Morgan fingerprint density at radius 2 is 1.92 bits per heavy atom. The minimum atomic E-state index is 0.0651. The largest absolute Gasteiger partial charge is 0.307 e. The monoisotopic (exact) mass is 349 g/mol. The molecule has 0 N–H and O–H groups in total. The average molecular weight is 350 g/mol. The van der Waals surface area contributed by atoms with Crippen molar-refractivity contribution < 1.29 is 4.79 Å². The molecule has 0 bridgehead atoms. The second kappa shape index (κ2) is 6.20. The van der Waals surface area contributed by atoms with Crippen LogP contribution in [0.2, 0.25) is 5.02 Å². The summed E-state index contributed by atoms with van der Waals surface area (Å²) in [6.07, 6.45) is 0.963. The van der Waals surface area contributed by atoms with Crippen LogP contribution in [0.15, 0.2) is 54.6 Å². The van der Waals surface area contributed by atoms with Gasteiger partial charge in [0.25, 0.3) is 0 Å². The quantitative estimate of drug-likeness (QED) is 0.535. The first kappa shape index (κ1) is 16.2. The Balaban J connectivity index is 2.08. The van der Waals surface area contributed by atoms with E-state index in [2.05, 4.69) is 43.3 Å². The van der Waals surface area contributed by atoms with Gasteiger partial charge in [-0.15, -0.1) is 0 Å². The molecule has 1 aliphatic rings. The number of nitrogens with zero attached hydrogens (tertiary/aromatic N) is 1. The van der Waals surface area contributed by atoms with Gasteiger partial charge in [-0.1, -0.05) is 61.0 Å². The molecule has 1 heterocycles. The van der Waals surface area contributed by atoms with Gasteiger partial charge in [0.1, 0.15) is 0 Å². The number of fused-ring (bicyclic) bond motifs is 4. The normalized spacial score (nSPS) is 16.3. The summed E-state index contributed by atoms with van der Waals surface area (Å²) in [4.78, 5) is 14.4. The lowest BCUT2D eigenvalue weighted by Crippen LogP contribution is -2.28. The van der Waals surface area contributed by atoms with E-state index < -0.39 is 0 Å². The molecule has 4 rings (SSSR count). The Hall–Kier alpha value is -2.32. The number of rotatable bonds is 1. The number of carbonyl (C=O) groups is 1. The Morgan fingerprint density at radius 1 is 1.12 bits per heavy atom. The van der Waals surface area contributed by atoms with Crippen molar-refractivity contribution in [2.24, 2.45) is 0 Å². The van der Waals surface area contributed by atoms with Gasteiger partial charge in [-0.25, -0.2) is 0 Å². The lowest BCUT2D eigenvalue weighted by atomic mass is 9.85. The van der Waals surface area contributed by atoms with Crippen molar-refractivity contribution in [3.05, 3.63) is 76.3 Å². The maximum absolute atomic E-state index is 12.5. The number of amides is 1.